The Balaban J connectivity index is 2.47. The highest BCUT2D eigenvalue weighted by atomic mass is 16.4. The molecule has 0 spiro atoms. The summed E-state index contributed by atoms with van der Waals surface area (Å²) in [6, 6.07) is 1.66. The number of hydrogen-bond acceptors (Lipinski definition) is 5. The predicted molar refractivity (Wildman–Crippen MR) is 59.0 cm³/mol. The number of aliphatic carboxylic acids is 1. The number of aromatic nitrogens is 2. The Kier molecular flexibility index (Phi) is 4.56. The number of amides is 1. The van der Waals surface area contributed by atoms with Crippen molar-refractivity contribution in [2.45, 2.75) is 33.1 Å². The minimum Gasteiger partial charge on any atom is -0.550 e. The Morgan fingerprint density at radius 3 is 2.59 bits per heavy atom. The highest BCUT2D eigenvalue weighted by Gasteiger charge is 2.04. The van der Waals surface area contributed by atoms with Crippen LogP contribution in [0.3, 0.4) is 0 Å². The Hall–Kier alpha value is -1.98. The van der Waals surface area contributed by atoms with Gasteiger partial charge in [-0.2, -0.15) is 0 Å². The number of nitrogens with one attached hydrogen (secondary N) is 1. The van der Waals surface area contributed by atoms with Gasteiger partial charge >= 0.3 is 0 Å². The molecular weight excluding hydrogens is 222 g/mol. The molecule has 1 amide bonds. The molecule has 1 aromatic heterocycles. The number of carbonyl (C=O) groups excluding carboxylic acids is 2. The van der Waals surface area contributed by atoms with Crippen LogP contribution in [0.1, 0.15) is 30.8 Å². The van der Waals surface area contributed by atoms with Crippen LogP contribution in [0.4, 0.5) is 5.82 Å². The monoisotopic (exact) mass is 236 g/mol. The van der Waals surface area contributed by atoms with Crippen LogP contribution in [-0.4, -0.2) is 21.8 Å². The lowest BCUT2D eigenvalue weighted by Crippen LogP contribution is -2.22. The smallest absolute Gasteiger partial charge is 0.225 e. The first-order valence-electron chi connectivity index (χ1n) is 5.29. The highest BCUT2D eigenvalue weighted by molar-refractivity contribution is 5.89. The minimum atomic E-state index is -1.15. The van der Waals surface area contributed by atoms with Gasteiger partial charge in [0.2, 0.25) is 5.91 Å². The van der Waals surface area contributed by atoms with Crippen molar-refractivity contribution in [2.75, 3.05) is 5.32 Å². The molecule has 0 aliphatic heterocycles. The van der Waals surface area contributed by atoms with E-state index in [2.05, 4.69) is 15.3 Å². The third-order valence-corrected chi connectivity index (χ3v) is 2.02. The first kappa shape index (κ1) is 13.1. The number of anilines is 1. The zero-order valence-electron chi connectivity index (χ0n) is 9.82. The summed E-state index contributed by atoms with van der Waals surface area (Å²) >= 11 is 0. The van der Waals surface area contributed by atoms with Crippen LogP contribution >= 0.6 is 0 Å². The van der Waals surface area contributed by atoms with Crippen LogP contribution in [0.25, 0.3) is 0 Å². The van der Waals surface area contributed by atoms with Crippen molar-refractivity contribution in [3.05, 3.63) is 17.6 Å². The second-order valence-electron chi connectivity index (χ2n) is 3.72. The lowest BCUT2D eigenvalue weighted by atomic mass is 10.2. The van der Waals surface area contributed by atoms with E-state index in [1.807, 2.05) is 0 Å². The van der Waals surface area contributed by atoms with Crippen LogP contribution in [0.5, 0.6) is 0 Å². The zero-order chi connectivity index (χ0) is 12.8. The maximum absolute atomic E-state index is 11.4. The molecule has 0 aliphatic carbocycles. The van der Waals surface area contributed by atoms with E-state index in [0.29, 0.717) is 11.6 Å². The largest absolute Gasteiger partial charge is 0.550 e. The maximum Gasteiger partial charge on any atom is 0.225 e. The van der Waals surface area contributed by atoms with E-state index in [4.69, 9.17) is 0 Å². The molecule has 1 heterocycles. The maximum atomic E-state index is 11.4. The molecule has 0 saturated carbocycles. The first-order chi connectivity index (χ1) is 7.97. The Morgan fingerprint density at radius 2 is 2.00 bits per heavy atom. The molecule has 0 aliphatic rings. The van der Waals surface area contributed by atoms with E-state index < -0.39 is 5.97 Å². The molecule has 92 valence electrons. The number of hydrogen-bond donors (Lipinski definition) is 1. The Labute approximate surface area is 99.1 Å². The van der Waals surface area contributed by atoms with Crippen molar-refractivity contribution in [2.24, 2.45) is 0 Å². The van der Waals surface area contributed by atoms with E-state index >= 15 is 0 Å². The first-order valence-corrected chi connectivity index (χ1v) is 5.29. The van der Waals surface area contributed by atoms with Gasteiger partial charge in [-0.1, -0.05) is 0 Å². The number of nitrogens with zero attached hydrogens (tertiary/aromatic N) is 2. The van der Waals surface area contributed by atoms with E-state index in [1.165, 1.54) is 0 Å². The highest BCUT2D eigenvalue weighted by Crippen LogP contribution is 2.06. The molecule has 0 bridgehead atoms. The number of carbonyl (C=O) groups is 2. The van der Waals surface area contributed by atoms with Crippen molar-refractivity contribution >= 4 is 17.7 Å². The third-order valence-electron chi connectivity index (χ3n) is 2.02. The van der Waals surface area contributed by atoms with Gasteiger partial charge in [0, 0.05) is 24.2 Å². The summed E-state index contributed by atoms with van der Waals surface area (Å²) in [6.07, 6.45) is 0.280. The van der Waals surface area contributed by atoms with E-state index in [9.17, 15) is 14.7 Å². The van der Waals surface area contributed by atoms with Gasteiger partial charge in [-0.05, 0) is 26.7 Å². The van der Waals surface area contributed by atoms with E-state index in [-0.39, 0.29) is 25.2 Å². The lowest BCUT2D eigenvalue weighted by Gasteiger charge is -2.06. The molecule has 0 unspecified atom stereocenters. The van der Waals surface area contributed by atoms with Gasteiger partial charge < -0.3 is 15.2 Å². The molecule has 1 aromatic rings. The van der Waals surface area contributed by atoms with Crippen molar-refractivity contribution in [1.82, 2.24) is 9.97 Å². The summed E-state index contributed by atoms with van der Waals surface area (Å²) in [5.41, 5.74) is 0.766. The van der Waals surface area contributed by atoms with Crippen LogP contribution in [0, 0.1) is 13.8 Å². The topological polar surface area (TPSA) is 95.0 Å². The molecule has 17 heavy (non-hydrogen) atoms. The number of carboxylic acid groups (broad SMARTS) is 1. The van der Waals surface area contributed by atoms with Crippen molar-refractivity contribution in [1.29, 1.82) is 0 Å². The van der Waals surface area contributed by atoms with Gasteiger partial charge in [0.25, 0.3) is 0 Å². The summed E-state index contributed by atoms with van der Waals surface area (Å²) in [5.74, 6) is -0.390. The second-order valence-corrected chi connectivity index (χ2v) is 3.72. The molecule has 0 aromatic carbocycles. The summed E-state index contributed by atoms with van der Waals surface area (Å²) in [5, 5.41) is 12.8. The van der Waals surface area contributed by atoms with Gasteiger partial charge in [0.1, 0.15) is 11.6 Å². The molecule has 1 rings (SSSR count). The van der Waals surface area contributed by atoms with Crippen LogP contribution in [0.2, 0.25) is 0 Å². The summed E-state index contributed by atoms with van der Waals surface area (Å²) in [6.45, 7) is 3.54. The molecule has 0 radical (unpaired) electrons. The molecule has 0 fully saturated rings. The average molecular weight is 236 g/mol. The summed E-state index contributed by atoms with van der Waals surface area (Å²) in [4.78, 5) is 29.7. The summed E-state index contributed by atoms with van der Waals surface area (Å²) < 4.78 is 0. The van der Waals surface area contributed by atoms with E-state index in [0.717, 1.165) is 5.69 Å². The van der Waals surface area contributed by atoms with Crippen LogP contribution < -0.4 is 10.4 Å². The van der Waals surface area contributed by atoms with Gasteiger partial charge in [-0.3, -0.25) is 4.79 Å². The van der Waals surface area contributed by atoms with Gasteiger partial charge in [-0.25, -0.2) is 9.97 Å². The van der Waals surface area contributed by atoms with Crippen LogP contribution in [-0.2, 0) is 9.59 Å². The lowest BCUT2D eigenvalue weighted by molar-refractivity contribution is -0.305. The van der Waals surface area contributed by atoms with E-state index in [1.54, 1.807) is 19.9 Å². The number of aryl methyl sites for hydroxylation is 2. The molecular formula is C11H14N3O3-. The molecule has 6 heteroatoms. The van der Waals surface area contributed by atoms with Crippen molar-refractivity contribution in [3.63, 3.8) is 0 Å². The predicted octanol–water partition coefficient (Wildman–Crippen LogP) is -0.0479. The van der Waals surface area contributed by atoms with Gasteiger partial charge in [0.15, 0.2) is 0 Å². The Bertz CT molecular complexity index is 412. The normalized spacial score (nSPS) is 10.0. The quantitative estimate of drug-likeness (QED) is 0.773. The molecule has 6 nitrogen and oxygen atoms in total. The SMILES string of the molecule is Cc1cc(NC(=O)CCCC(=O)[O-])nc(C)n1. The third kappa shape index (κ3) is 5.05. The van der Waals surface area contributed by atoms with Gasteiger partial charge in [-0.15, -0.1) is 0 Å². The standard InChI is InChI=1S/C11H15N3O3/c1-7-6-9(13-8(2)12-7)14-10(15)4-3-5-11(16)17/h6H,3-5H2,1-2H3,(H,16,17)(H,12,13,14,15)/p-1. The molecule has 1 N–H and O–H groups in total. The van der Waals surface area contributed by atoms with Crippen LogP contribution in [0.15, 0.2) is 6.07 Å². The van der Waals surface area contributed by atoms with Crippen molar-refractivity contribution < 1.29 is 14.7 Å². The number of carboxylic acids is 1. The average Bonchev–Trinajstić information content (AvgIpc) is 2.14. The van der Waals surface area contributed by atoms with Gasteiger partial charge in [0.05, 0.1) is 0 Å². The fourth-order valence-electron chi connectivity index (χ4n) is 1.38. The Morgan fingerprint density at radius 1 is 1.29 bits per heavy atom. The zero-order valence-corrected chi connectivity index (χ0v) is 9.82. The second kappa shape index (κ2) is 5.93. The fourth-order valence-corrected chi connectivity index (χ4v) is 1.38. The molecule has 0 saturated heterocycles. The fraction of sp³-hybridized carbons (Fsp3) is 0.455. The minimum absolute atomic E-state index is 0.116. The van der Waals surface area contributed by atoms with Crippen molar-refractivity contribution in [3.8, 4) is 0 Å². The molecule has 0 atom stereocenters. The summed E-state index contributed by atoms with van der Waals surface area (Å²) in [7, 11) is 0. The number of rotatable bonds is 5.